The van der Waals surface area contributed by atoms with E-state index in [1.807, 2.05) is 19.2 Å². The van der Waals surface area contributed by atoms with Crippen molar-refractivity contribution in [1.29, 1.82) is 0 Å². The quantitative estimate of drug-likeness (QED) is 0.606. The number of amides is 1. The van der Waals surface area contributed by atoms with Crippen LogP contribution in [0.5, 0.6) is 0 Å². The number of thiophene rings is 1. The SMILES string of the molecule is Cc1ccc(C)c(-c2csc(NC(=O)C3CCCN(S(=O)(=O)c4cccs4)C3)n2)c1. The van der Waals surface area contributed by atoms with Crippen LogP contribution >= 0.6 is 22.7 Å². The summed E-state index contributed by atoms with van der Waals surface area (Å²) in [5.74, 6) is -0.565. The summed E-state index contributed by atoms with van der Waals surface area (Å²) < 4.78 is 27.3. The minimum Gasteiger partial charge on any atom is -0.302 e. The molecule has 1 atom stereocenters. The van der Waals surface area contributed by atoms with Crippen LogP contribution in [0.25, 0.3) is 11.3 Å². The lowest BCUT2D eigenvalue weighted by Gasteiger charge is -2.30. The van der Waals surface area contributed by atoms with Crippen LogP contribution in [0.3, 0.4) is 0 Å². The highest BCUT2D eigenvalue weighted by Crippen LogP contribution is 2.30. The molecule has 1 unspecified atom stereocenters. The Labute approximate surface area is 184 Å². The third-order valence-electron chi connectivity index (χ3n) is 5.25. The van der Waals surface area contributed by atoms with Crippen molar-refractivity contribution < 1.29 is 13.2 Å². The van der Waals surface area contributed by atoms with Crippen molar-refractivity contribution in [1.82, 2.24) is 9.29 Å². The predicted molar refractivity (Wildman–Crippen MR) is 121 cm³/mol. The summed E-state index contributed by atoms with van der Waals surface area (Å²) in [6, 6.07) is 9.54. The number of hydrogen-bond acceptors (Lipinski definition) is 6. The fourth-order valence-corrected chi connectivity index (χ4v) is 6.97. The molecule has 1 fully saturated rings. The summed E-state index contributed by atoms with van der Waals surface area (Å²) in [6.07, 6.45) is 1.33. The maximum absolute atomic E-state index is 12.8. The molecular formula is C21H23N3O3S3. The van der Waals surface area contributed by atoms with Crippen LogP contribution in [-0.2, 0) is 14.8 Å². The number of aromatic nitrogens is 1. The molecule has 9 heteroatoms. The number of anilines is 1. The molecule has 0 radical (unpaired) electrons. The lowest BCUT2D eigenvalue weighted by Crippen LogP contribution is -2.43. The Kier molecular flexibility index (Phi) is 6.06. The highest BCUT2D eigenvalue weighted by molar-refractivity contribution is 7.91. The summed E-state index contributed by atoms with van der Waals surface area (Å²) in [5, 5.41) is 7.11. The van der Waals surface area contributed by atoms with Gasteiger partial charge in [-0.1, -0.05) is 23.8 Å². The number of thiazole rings is 1. The van der Waals surface area contributed by atoms with Gasteiger partial charge in [0.25, 0.3) is 10.0 Å². The number of benzene rings is 1. The van der Waals surface area contributed by atoms with Crippen molar-refractivity contribution in [2.75, 3.05) is 18.4 Å². The van der Waals surface area contributed by atoms with Crippen LogP contribution < -0.4 is 5.32 Å². The van der Waals surface area contributed by atoms with Crippen molar-refractivity contribution >= 4 is 43.7 Å². The molecule has 0 aliphatic carbocycles. The summed E-state index contributed by atoms with van der Waals surface area (Å²) in [7, 11) is -3.54. The van der Waals surface area contributed by atoms with Gasteiger partial charge in [0.1, 0.15) is 4.21 Å². The van der Waals surface area contributed by atoms with Gasteiger partial charge in [-0.15, -0.1) is 22.7 Å². The number of rotatable bonds is 5. The molecule has 1 saturated heterocycles. The highest BCUT2D eigenvalue weighted by Gasteiger charge is 2.34. The smallest absolute Gasteiger partial charge is 0.252 e. The molecule has 3 aromatic rings. The van der Waals surface area contributed by atoms with Crippen molar-refractivity contribution in [2.24, 2.45) is 5.92 Å². The van der Waals surface area contributed by atoms with Gasteiger partial charge in [0.05, 0.1) is 11.6 Å². The van der Waals surface area contributed by atoms with Gasteiger partial charge >= 0.3 is 0 Å². The lowest BCUT2D eigenvalue weighted by molar-refractivity contribution is -0.120. The molecular weight excluding hydrogens is 438 g/mol. The predicted octanol–water partition coefficient (Wildman–Crippen LogP) is 4.53. The van der Waals surface area contributed by atoms with Gasteiger partial charge in [-0.2, -0.15) is 4.31 Å². The fraction of sp³-hybridized carbons (Fsp3) is 0.333. The molecule has 1 aromatic carbocycles. The van der Waals surface area contributed by atoms with E-state index >= 15 is 0 Å². The fourth-order valence-electron chi connectivity index (χ4n) is 3.59. The number of nitrogens with one attached hydrogen (secondary N) is 1. The average Bonchev–Trinajstić information content (AvgIpc) is 3.42. The topological polar surface area (TPSA) is 79.4 Å². The number of carbonyl (C=O) groups is 1. The normalized spacial score (nSPS) is 17.7. The Morgan fingerprint density at radius 3 is 2.83 bits per heavy atom. The molecule has 0 spiro atoms. The number of nitrogens with zero attached hydrogens (tertiary/aromatic N) is 2. The van der Waals surface area contributed by atoms with E-state index in [0.29, 0.717) is 28.7 Å². The molecule has 158 valence electrons. The molecule has 4 rings (SSSR count). The first kappa shape index (κ1) is 21.2. The second-order valence-electron chi connectivity index (χ2n) is 7.48. The molecule has 6 nitrogen and oxygen atoms in total. The summed E-state index contributed by atoms with van der Waals surface area (Å²) in [6.45, 7) is 4.72. The van der Waals surface area contributed by atoms with Crippen molar-refractivity contribution in [3.05, 3.63) is 52.2 Å². The van der Waals surface area contributed by atoms with Gasteiger partial charge in [0, 0.05) is 24.0 Å². The van der Waals surface area contributed by atoms with Gasteiger partial charge in [-0.25, -0.2) is 13.4 Å². The van der Waals surface area contributed by atoms with E-state index in [9.17, 15) is 13.2 Å². The maximum Gasteiger partial charge on any atom is 0.252 e. The molecule has 1 aliphatic rings. The number of piperidine rings is 1. The van der Waals surface area contributed by atoms with E-state index in [-0.39, 0.29) is 18.4 Å². The van der Waals surface area contributed by atoms with E-state index in [4.69, 9.17) is 0 Å². The first-order valence-corrected chi connectivity index (χ1v) is 12.9. The zero-order valence-electron chi connectivity index (χ0n) is 16.8. The highest BCUT2D eigenvalue weighted by atomic mass is 32.2. The van der Waals surface area contributed by atoms with E-state index in [1.54, 1.807) is 17.5 Å². The van der Waals surface area contributed by atoms with Gasteiger partial charge in [-0.3, -0.25) is 4.79 Å². The zero-order valence-corrected chi connectivity index (χ0v) is 19.2. The van der Waals surface area contributed by atoms with Crippen LogP contribution in [0.4, 0.5) is 5.13 Å². The molecule has 30 heavy (non-hydrogen) atoms. The summed E-state index contributed by atoms with van der Waals surface area (Å²) >= 11 is 2.58. The first-order valence-electron chi connectivity index (χ1n) is 9.72. The van der Waals surface area contributed by atoms with Gasteiger partial charge in [-0.05, 0) is 49.8 Å². The van der Waals surface area contributed by atoms with Crippen LogP contribution in [0.2, 0.25) is 0 Å². The average molecular weight is 462 g/mol. The largest absolute Gasteiger partial charge is 0.302 e. The third-order valence-corrected chi connectivity index (χ3v) is 9.24. The molecule has 1 amide bonds. The van der Waals surface area contributed by atoms with Gasteiger partial charge in [0.15, 0.2) is 5.13 Å². The molecule has 0 bridgehead atoms. The molecule has 1 aliphatic heterocycles. The molecule has 0 saturated carbocycles. The van der Waals surface area contributed by atoms with Gasteiger partial charge in [0.2, 0.25) is 5.91 Å². The standard InChI is InChI=1S/C21H23N3O3S3/c1-14-7-8-15(2)17(11-14)18-13-29-21(22-18)23-20(25)16-5-3-9-24(12-16)30(26,27)19-6-4-10-28-19/h4,6-8,10-11,13,16H,3,5,9,12H2,1-2H3,(H,22,23,25). The van der Waals surface area contributed by atoms with Gasteiger partial charge < -0.3 is 5.32 Å². The van der Waals surface area contributed by atoms with E-state index in [2.05, 4.69) is 28.5 Å². The van der Waals surface area contributed by atoms with Crippen molar-refractivity contribution in [3.63, 3.8) is 0 Å². The Balaban J connectivity index is 1.45. The number of carbonyl (C=O) groups excluding carboxylic acids is 1. The monoisotopic (exact) mass is 461 g/mol. The second-order valence-corrected chi connectivity index (χ2v) is 11.5. The minimum atomic E-state index is -3.54. The van der Waals surface area contributed by atoms with Crippen LogP contribution in [0.1, 0.15) is 24.0 Å². The van der Waals surface area contributed by atoms with Crippen LogP contribution in [-0.4, -0.2) is 36.7 Å². The summed E-state index contributed by atoms with van der Waals surface area (Å²) in [5.41, 5.74) is 4.17. The number of sulfonamides is 1. The molecule has 2 aromatic heterocycles. The van der Waals surface area contributed by atoms with Crippen molar-refractivity contribution in [2.45, 2.75) is 30.9 Å². The number of hydrogen-bond donors (Lipinski definition) is 1. The Morgan fingerprint density at radius 2 is 2.07 bits per heavy atom. The molecule has 1 N–H and O–H groups in total. The maximum atomic E-state index is 12.8. The first-order chi connectivity index (χ1) is 14.3. The van der Waals surface area contributed by atoms with Crippen LogP contribution in [0.15, 0.2) is 45.3 Å². The van der Waals surface area contributed by atoms with E-state index in [1.165, 1.54) is 27.0 Å². The number of aryl methyl sites for hydroxylation is 2. The molecule has 3 heterocycles. The van der Waals surface area contributed by atoms with Crippen molar-refractivity contribution in [3.8, 4) is 11.3 Å². The summed E-state index contributed by atoms with van der Waals surface area (Å²) in [4.78, 5) is 17.4. The minimum absolute atomic E-state index is 0.178. The Bertz CT molecular complexity index is 1150. The lowest BCUT2D eigenvalue weighted by atomic mass is 9.99. The zero-order chi connectivity index (χ0) is 21.3. The Hall–Kier alpha value is -2.07. The third kappa shape index (κ3) is 4.34. The van der Waals surface area contributed by atoms with E-state index in [0.717, 1.165) is 22.4 Å². The van der Waals surface area contributed by atoms with E-state index < -0.39 is 10.0 Å². The Morgan fingerprint density at radius 1 is 1.23 bits per heavy atom. The van der Waals surface area contributed by atoms with Crippen LogP contribution in [0, 0.1) is 19.8 Å². The second kappa shape index (κ2) is 8.58.